The largest absolute Gasteiger partial charge is 0.573 e. The summed E-state index contributed by atoms with van der Waals surface area (Å²) in [5.41, 5.74) is 0.288. The zero-order chi connectivity index (χ0) is 16.0. The van der Waals surface area contributed by atoms with Gasteiger partial charge >= 0.3 is 6.36 Å². The predicted molar refractivity (Wildman–Crippen MR) is 70.7 cm³/mol. The molecule has 1 aromatic carbocycles. The maximum atomic E-state index is 12.0. The van der Waals surface area contributed by atoms with Crippen molar-refractivity contribution in [2.75, 3.05) is 5.32 Å². The number of alkyl halides is 3. The minimum atomic E-state index is -4.76. The molecule has 1 N–H and O–H groups in total. The second-order valence-electron chi connectivity index (χ2n) is 4.45. The molecule has 7 heteroatoms. The lowest BCUT2D eigenvalue weighted by atomic mass is 10.1. The van der Waals surface area contributed by atoms with Crippen molar-refractivity contribution in [1.29, 1.82) is 0 Å². The Labute approximate surface area is 119 Å². The van der Waals surface area contributed by atoms with Crippen LogP contribution in [-0.2, 0) is 9.59 Å². The number of allylic oxidation sites excluding steroid dienone is 1. The summed E-state index contributed by atoms with van der Waals surface area (Å²) in [5.74, 6) is -1.34. The molecule has 0 radical (unpaired) electrons. The lowest BCUT2D eigenvalue weighted by Gasteiger charge is -2.09. The summed E-state index contributed by atoms with van der Waals surface area (Å²) in [5, 5.41) is 2.41. The van der Waals surface area contributed by atoms with Gasteiger partial charge in [-0.25, -0.2) is 0 Å². The summed E-state index contributed by atoms with van der Waals surface area (Å²) in [6.07, 6.45) is -2.53. The van der Waals surface area contributed by atoms with Crippen molar-refractivity contribution in [3.05, 3.63) is 36.4 Å². The molecule has 0 unspecified atom stereocenters. The van der Waals surface area contributed by atoms with Crippen LogP contribution in [0.2, 0.25) is 0 Å². The van der Waals surface area contributed by atoms with Gasteiger partial charge in [-0.1, -0.05) is 13.8 Å². The number of benzene rings is 1. The number of halogens is 3. The van der Waals surface area contributed by atoms with Gasteiger partial charge in [0.2, 0.25) is 5.91 Å². The highest BCUT2D eigenvalue weighted by Crippen LogP contribution is 2.23. The van der Waals surface area contributed by atoms with Gasteiger partial charge in [-0.2, -0.15) is 0 Å². The second-order valence-corrected chi connectivity index (χ2v) is 4.45. The zero-order valence-corrected chi connectivity index (χ0v) is 11.4. The molecular weight excluding hydrogens is 287 g/mol. The van der Waals surface area contributed by atoms with Crippen molar-refractivity contribution in [3.8, 4) is 5.75 Å². The van der Waals surface area contributed by atoms with Gasteiger partial charge in [0.1, 0.15) is 5.75 Å². The molecule has 0 saturated heterocycles. The molecule has 0 spiro atoms. The van der Waals surface area contributed by atoms with Gasteiger partial charge in [-0.15, -0.1) is 13.2 Å². The monoisotopic (exact) mass is 301 g/mol. The normalized spacial score (nSPS) is 11.7. The van der Waals surface area contributed by atoms with E-state index in [0.717, 1.165) is 24.3 Å². The van der Waals surface area contributed by atoms with Gasteiger partial charge in [-0.05, 0) is 30.3 Å². The van der Waals surface area contributed by atoms with E-state index in [9.17, 15) is 22.8 Å². The predicted octanol–water partition coefficient (Wildman–Crippen LogP) is 3.31. The summed E-state index contributed by atoms with van der Waals surface area (Å²) in [4.78, 5) is 22.8. The third-order valence-corrected chi connectivity index (χ3v) is 2.32. The lowest BCUT2D eigenvalue weighted by Crippen LogP contribution is -2.17. The van der Waals surface area contributed by atoms with E-state index in [-0.39, 0.29) is 23.1 Å². The fourth-order valence-corrected chi connectivity index (χ4v) is 1.27. The van der Waals surface area contributed by atoms with Crippen molar-refractivity contribution in [2.45, 2.75) is 20.2 Å². The number of carbonyl (C=O) groups excluding carboxylic acids is 2. The summed E-state index contributed by atoms with van der Waals surface area (Å²) in [6, 6.07) is 4.67. The van der Waals surface area contributed by atoms with Gasteiger partial charge in [0.05, 0.1) is 0 Å². The first-order chi connectivity index (χ1) is 9.67. The molecule has 0 atom stereocenters. The number of ether oxygens (including phenoxy) is 1. The molecular formula is C14H14F3NO3. The topological polar surface area (TPSA) is 55.4 Å². The quantitative estimate of drug-likeness (QED) is 0.849. The van der Waals surface area contributed by atoms with E-state index < -0.39 is 12.3 Å². The number of nitrogens with one attached hydrogen (secondary N) is 1. The van der Waals surface area contributed by atoms with E-state index >= 15 is 0 Å². The highest BCUT2D eigenvalue weighted by Gasteiger charge is 2.30. The number of hydrogen-bond acceptors (Lipinski definition) is 3. The number of carbonyl (C=O) groups is 2. The third kappa shape index (κ3) is 6.60. The van der Waals surface area contributed by atoms with Crippen molar-refractivity contribution in [1.82, 2.24) is 0 Å². The molecule has 0 aromatic heterocycles. The molecule has 0 aliphatic carbocycles. The zero-order valence-electron chi connectivity index (χ0n) is 11.4. The second kappa shape index (κ2) is 6.92. The van der Waals surface area contributed by atoms with Crippen LogP contribution in [0.15, 0.2) is 36.4 Å². The van der Waals surface area contributed by atoms with Crippen LogP contribution in [-0.4, -0.2) is 18.1 Å². The van der Waals surface area contributed by atoms with E-state index in [1.807, 2.05) is 0 Å². The fourth-order valence-electron chi connectivity index (χ4n) is 1.27. The number of hydrogen-bond donors (Lipinski definition) is 1. The van der Waals surface area contributed by atoms with E-state index in [1.165, 1.54) is 12.1 Å². The van der Waals surface area contributed by atoms with Crippen molar-refractivity contribution in [2.24, 2.45) is 5.92 Å². The smallest absolute Gasteiger partial charge is 0.406 e. The van der Waals surface area contributed by atoms with Crippen molar-refractivity contribution in [3.63, 3.8) is 0 Å². The van der Waals surface area contributed by atoms with Gasteiger partial charge in [0.15, 0.2) is 5.78 Å². The Hall–Kier alpha value is -2.31. The summed E-state index contributed by atoms with van der Waals surface area (Å²) in [7, 11) is 0. The van der Waals surface area contributed by atoms with E-state index in [4.69, 9.17) is 0 Å². The first kappa shape index (κ1) is 16.7. The molecule has 1 aromatic rings. The van der Waals surface area contributed by atoms with E-state index in [2.05, 4.69) is 10.1 Å². The first-order valence-corrected chi connectivity index (χ1v) is 6.06. The number of rotatable bonds is 5. The highest BCUT2D eigenvalue weighted by atomic mass is 19.4. The van der Waals surface area contributed by atoms with Gasteiger partial charge in [0.25, 0.3) is 0 Å². The van der Waals surface area contributed by atoms with Gasteiger partial charge < -0.3 is 10.1 Å². The van der Waals surface area contributed by atoms with Crippen molar-refractivity contribution < 1.29 is 27.5 Å². The Morgan fingerprint density at radius 3 is 2.19 bits per heavy atom. The molecule has 0 fully saturated rings. The van der Waals surface area contributed by atoms with Crippen LogP contribution in [0.1, 0.15) is 13.8 Å². The molecule has 0 saturated carbocycles. The average molecular weight is 301 g/mol. The van der Waals surface area contributed by atoms with Crippen LogP contribution in [0.4, 0.5) is 18.9 Å². The third-order valence-electron chi connectivity index (χ3n) is 2.32. The molecule has 0 bridgehead atoms. The Morgan fingerprint density at radius 2 is 1.71 bits per heavy atom. The van der Waals surface area contributed by atoms with Gasteiger partial charge in [-0.3, -0.25) is 9.59 Å². The summed E-state index contributed by atoms with van der Waals surface area (Å²) in [6.45, 7) is 3.40. The SMILES string of the molecule is CC(C)C(=O)/C=C/C(=O)Nc1ccc(OC(F)(F)F)cc1. The maximum Gasteiger partial charge on any atom is 0.573 e. The number of ketones is 1. The molecule has 4 nitrogen and oxygen atoms in total. The Bertz CT molecular complexity index is 533. The molecule has 0 heterocycles. The minimum Gasteiger partial charge on any atom is -0.406 e. The van der Waals surface area contributed by atoms with Crippen LogP contribution >= 0.6 is 0 Å². The average Bonchev–Trinajstić information content (AvgIpc) is 2.36. The molecule has 0 aliphatic rings. The van der Waals surface area contributed by atoms with E-state index in [0.29, 0.717) is 0 Å². The fraction of sp³-hybridized carbons (Fsp3) is 0.286. The van der Waals surface area contributed by atoms with Crippen LogP contribution < -0.4 is 10.1 Å². The standard InChI is InChI=1S/C14H14F3NO3/c1-9(2)12(19)7-8-13(20)18-10-3-5-11(6-4-10)21-14(15,16)17/h3-9H,1-2H3,(H,18,20)/b8-7+. The Kier molecular flexibility index (Phi) is 5.52. The highest BCUT2D eigenvalue weighted by molar-refractivity contribution is 6.04. The maximum absolute atomic E-state index is 12.0. The molecule has 1 amide bonds. The van der Waals surface area contributed by atoms with E-state index in [1.54, 1.807) is 13.8 Å². The Balaban J connectivity index is 2.60. The van der Waals surface area contributed by atoms with Crippen LogP contribution in [0.3, 0.4) is 0 Å². The lowest BCUT2D eigenvalue weighted by molar-refractivity contribution is -0.274. The van der Waals surface area contributed by atoms with Crippen LogP contribution in [0, 0.1) is 5.92 Å². The summed E-state index contributed by atoms with van der Waals surface area (Å²) >= 11 is 0. The number of amides is 1. The number of anilines is 1. The summed E-state index contributed by atoms with van der Waals surface area (Å²) < 4.78 is 39.6. The molecule has 0 aliphatic heterocycles. The first-order valence-electron chi connectivity index (χ1n) is 6.06. The molecule has 114 valence electrons. The molecule has 1 rings (SSSR count). The van der Waals surface area contributed by atoms with Crippen molar-refractivity contribution >= 4 is 17.4 Å². The minimum absolute atomic E-state index is 0.195. The van der Waals surface area contributed by atoms with Gasteiger partial charge in [0, 0.05) is 17.7 Å². The van der Waals surface area contributed by atoms with Crippen LogP contribution in [0.25, 0.3) is 0 Å². The Morgan fingerprint density at radius 1 is 1.14 bits per heavy atom. The molecule has 21 heavy (non-hydrogen) atoms. The van der Waals surface area contributed by atoms with Crippen LogP contribution in [0.5, 0.6) is 5.75 Å².